The molecular weight excluding hydrogens is 314 g/mol. The maximum atomic E-state index is 12.3. The maximum Gasteiger partial charge on any atom is 0.258 e. The number of benzene rings is 1. The van der Waals surface area contributed by atoms with E-state index in [4.69, 9.17) is 12.2 Å². The van der Waals surface area contributed by atoms with Crippen LogP contribution in [0.25, 0.3) is 10.2 Å². The summed E-state index contributed by atoms with van der Waals surface area (Å²) in [6.45, 7) is 0. The van der Waals surface area contributed by atoms with E-state index >= 15 is 0 Å². The molecule has 1 aliphatic rings. The molecule has 1 amide bonds. The number of rotatable bonds is 3. The summed E-state index contributed by atoms with van der Waals surface area (Å²) in [5, 5.41) is 4.11. The number of fused-ring (bicyclic) bond motifs is 1. The van der Waals surface area contributed by atoms with Crippen LogP contribution in [0.5, 0.6) is 0 Å². The van der Waals surface area contributed by atoms with E-state index in [0.717, 1.165) is 15.9 Å². The third kappa shape index (κ3) is 2.55. The van der Waals surface area contributed by atoms with Gasteiger partial charge in [0.2, 0.25) is 0 Å². The fraction of sp³-hybridized carbons (Fsp3) is 0.188. The first kappa shape index (κ1) is 13.6. The van der Waals surface area contributed by atoms with Gasteiger partial charge in [-0.25, -0.2) is 4.98 Å². The highest BCUT2D eigenvalue weighted by atomic mass is 32.1. The number of amides is 1. The van der Waals surface area contributed by atoms with Crippen LogP contribution in [0, 0.1) is 4.64 Å². The predicted molar refractivity (Wildman–Crippen MR) is 91.2 cm³/mol. The van der Waals surface area contributed by atoms with E-state index in [9.17, 15) is 4.79 Å². The van der Waals surface area contributed by atoms with Gasteiger partial charge in [-0.15, -0.1) is 11.3 Å². The second kappa shape index (κ2) is 5.30. The van der Waals surface area contributed by atoms with Crippen LogP contribution in [-0.4, -0.2) is 15.9 Å². The lowest BCUT2D eigenvalue weighted by Gasteiger charge is -2.05. The Bertz CT molecular complexity index is 924. The number of aromatic nitrogens is 2. The van der Waals surface area contributed by atoms with E-state index in [1.165, 1.54) is 17.8 Å². The smallest absolute Gasteiger partial charge is 0.258 e. The first-order valence-electron chi connectivity index (χ1n) is 7.10. The maximum absolute atomic E-state index is 12.3. The van der Waals surface area contributed by atoms with Crippen molar-refractivity contribution in [1.29, 1.82) is 0 Å². The largest absolute Gasteiger partial charge is 0.352 e. The van der Waals surface area contributed by atoms with Gasteiger partial charge in [0.1, 0.15) is 4.64 Å². The quantitative estimate of drug-likeness (QED) is 0.697. The van der Waals surface area contributed by atoms with Gasteiger partial charge in [-0.3, -0.25) is 4.79 Å². The van der Waals surface area contributed by atoms with Crippen molar-refractivity contribution in [3.8, 4) is 0 Å². The fourth-order valence-corrected chi connectivity index (χ4v) is 3.73. The van der Waals surface area contributed by atoms with E-state index in [0.29, 0.717) is 16.1 Å². The van der Waals surface area contributed by atoms with Crippen molar-refractivity contribution >= 4 is 45.4 Å². The van der Waals surface area contributed by atoms with Crippen LogP contribution in [0.1, 0.15) is 34.1 Å². The van der Waals surface area contributed by atoms with Crippen LogP contribution in [0.4, 0.5) is 5.69 Å². The Kier molecular flexibility index (Phi) is 3.28. The molecule has 1 saturated carbocycles. The zero-order chi connectivity index (χ0) is 15.1. The molecule has 4 nitrogen and oxygen atoms in total. The van der Waals surface area contributed by atoms with Crippen molar-refractivity contribution in [2.45, 2.75) is 18.8 Å². The van der Waals surface area contributed by atoms with E-state index in [1.807, 2.05) is 18.2 Å². The topological polar surface area (TPSA) is 57.8 Å². The minimum atomic E-state index is -0.201. The van der Waals surface area contributed by atoms with Crippen molar-refractivity contribution in [1.82, 2.24) is 9.97 Å². The van der Waals surface area contributed by atoms with Gasteiger partial charge in [-0.05, 0) is 43.2 Å². The van der Waals surface area contributed by atoms with Gasteiger partial charge >= 0.3 is 0 Å². The molecule has 0 unspecified atom stereocenters. The molecule has 0 aliphatic heterocycles. The van der Waals surface area contributed by atoms with Crippen LogP contribution in [-0.2, 0) is 0 Å². The molecule has 4 rings (SSSR count). The monoisotopic (exact) mass is 327 g/mol. The molecule has 1 aromatic carbocycles. The fourth-order valence-electron chi connectivity index (χ4n) is 2.32. The molecule has 3 aromatic rings. The van der Waals surface area contributed by atoms with Gasteiger partial charge in [0.25, 0.3) is 5.91 Å². The molecule has 0 radical (unpaired) electrons. The third-order valence-corrected chi connectivity index (χ3v) is 5.17. The number of hydrogen-bond acceptors (Lipinski definition) is 4. The van der Waals surface area contributed by atoms with Gasteiger partial charge in [-0.2, -0.15) is 0 Å². The Morgan fingerprint density at radius 3 is 3.00 bits per heavy atom. The SMILES string of the molecule is O=C(Nc1ccc2nc(C3CC3)sc2c1)c1ccc[nH]c1=S. The summed E-state index contributed by atoms with van der Waals surface area (Å²) in [7, 11) is 0. The number of thiazole rings is 1. The number of pyridine rings is 1. The number of aromatic amines is 1. The van der Waals surface area contributed by atoms with Gasteiger partial charge in [0, 0.05) is 17.8 Å². The van der Waals surface area contributed by atoms with Crippen LogP contribution >= 0.6 is 23.6 Å². The molecule has 0 atom stereocenters. The molecule has 2 aromatic heterocycles. The predicted octanol–water partition coefficient (Wildman–Crippen LogP) is 4.48. The standard InChI is InChI=1S/C16H13N3OS2/c20-14(11-2-1-7-17-15(11)21)18-10-5-6-12-13(8-10)22-16(19-12)9-3-4-9/h1-2,5-9H,3-4H2,(H,17,21)(H,18,20). The average molecular weight is 327 g/mol. The normalized spacial score (nSPS) is 14.2. The Balaban J connectivity index is 1.62. The van der Waals surface area contributed by atoms with Crippen molar-refractivity contribution < 1.29 is 4.79 Å². The van der Waals surface area contributed by atoms with Crippen molar-refractivity contribution in [3.05, 3.63) is 51.7 Å². The zero-order valence-electron chi connectivity index (χ0n) is 11.6. The summed E-state index contributed by atoms with van der Waals surface area (Å²) in [5.41, 5.74) is 2.24. The highest BCUT2D eigenvalue weighted by Gasteiger charge is 2.27. The Morgan fingerprint density at radius 2 is 2.23 bits per heavy atom. The number of carbonyl (C=O) groups is 1. The number of nitrogens with zero attached hydrogens (tertiary/aromatic N) is 1. The van der Waals surface area contributed by atoms with Crippen molar-refractivity contribution in [2.24, 2.45) is 0 Å². The number of hydrogen-bond donors (Lipinski definition) is 2. The van der Waals surface area contributed by atoms with Crippen LogP contribution in [0.3, 0.4) is 0 Å². The van der Waals surface area contributed by atoms with Gasteiger partial charge in [0.05, 0.1) is 20.8 Å². The van der Waals surface area contributed by atoms with Gasteiger partial charge in [0.15, 0.2) is 0 Å². The lowest BCUT2D eigenvalue weighted by Crippen LogP contribution is -2.12. The van der Waals surface area contributed by atoms with E-state index in [-0.39, 0.29) is 5.91 Å². The van der Waals surface area contributed by atoms with Gasteiger partial charge < -0.3 is 10.3 Å². The Hall–Kier alpha value is -2.05. The van der Waals surface area contributed by atoms with E-state index in [1.54, 1.807) is 29.7 Å². The minimum absolute atomic E-state index is 0.201. The average Bonchev–Trinajstić information content (AvgIpc) is 3.27. The molecule has 1 fully saturated rings. The molecule has 6 heteroatoms. The van der Waals surface area contributed by atoms with Crippen LogP contribution in [0.15, 0.2) is 36.5 Å². The minimum Gasteiger partial charge on any atom is -0.352 e. The molecule has 2 N–H and O–H groups in total. The highest BCUT2D eigenvalue weighted by Crippen LogP contribution is 2.43. The number of anilines is 1. The first-order valence-corrected chi connectivity index (χ1v) is 8.33. The molecule has 1 aliphatic carbocycles. The van der Waals surface area contributed by atoms with Crippen LogP contribution in [0.2, 0.25) is 0 Å². The summed E-state index contributed by atoms with van der Waals surface area (Å²) in [4.78, 5) is 19.8. The molecule has 110 valence electrons. The van der Waals surface area contributed by atoms with Crippen LogP contribution < -0.4 is 5.32 Å². The Labute approximate surface area is 136 Å². The highest BCUT2D eigenvalue weighted by molar-refractivity contribution is 7.71. The Morgan fingerprint density at radius 1 is 1.36 bits per heavy atom. The summed E-state index contributed by atoms with van der Waals surface area (Å²) >= 11 is 6.86. The summed E-state index contributed by atoms with van der Waals surface area (Å²) in [5.74, 6) is 0.450. The van der Waals surface area contributed by atoms with Gasteiger partial charge in [-0.1, -0.05) is 12.2 Å². The van der Waals surface area contributed by atoms with Crippen molar-refractivity contribution in [2.75, 3.05) is 5.32 Å². The second-order valence-electron chi connectivity index (χ2n) is 5.38. The second-order valence-corrected chi connectivity index (χ2v) is 6.85. The molecular formula is C16H13N3OS2. The van der Waals surface area contributed by atoms with E-state index in [2.05, 4.69) is 15.3 Å². The summed E-state index contributed by atoms with van der Waals surface area (Å²) in [6.07, 6.45) is 4.20. The first-order chi connectivity index (χ1) is 10.7. The molecule has 0 saturated heterocycles. The number of H-pyrrole nitrogens is 1. The third-order valence-electron chi connectivity index (χ3n) is 3.65. The molecule has 22 heavy (non-hydrogen) atoms. The molecule has 0 bridgehead atoms. The number of nitrogens with one attached hydrogen (secondary N) is 2. The lowest BCUT2D eigenvalue weighted by atomic mass is 10.2. The van der Waals surface area contributed by atoms with Crippen molar-refractivity contribution in [3.63, 3.8) is 0 Å². The van der Waals surface area contributed by atoms with E-state index < -0.39 is 0 Å². The summed E-state index contributed by atoms with van der Waals surface area (Å²) < 4.78 is 1.55. The lowest BCUT2D eigenvalue weighted by molar-refractivity contribution is 0.102. The summed E-state index contributed by atoms with van der Waals surface area (Å²) in [6, 6.07) is 9.29. The number of carbonyl (C=O) groups excluding carboxylic acids is 1. The zero-order valence-corrected chi connectivity index (χ0v) is 13.3. The molecule has 0 spiro atoms. The molecule has 2 heterocycles.